The predicted octanol–water partition coefficient (Wildman–Crippen LogP) is 4.94. The second kappa shape index (κ2) is 22.6. The Balaban J connectivity index is 1.53. The molecule has 0 saturated heterocycles. The van der Waals surface area contributed by atoms with Crippen molar-refractivity contribution in [3.8, 4) is 0 Å². The molecule has 2 atom stereocenters. The molecule has 3 aliphatic heterocycles. The van der Waals surface area contributed by atoms with Crippen LogP contribution in [0.5, 0.6) is 0 Å². The molecule has 0 radical (unpaired) electrons. The summed E-state index contributed by atoms with van der Waals surface area (Å²) >= 11 is 0. The number of nitrogens with zero attached hydrogens (tertiary/aromatic N) is 2. The van der Waals surface area contributed by atoms with Crippen molar-refractivity contribution in [3.05, 3.63) is 71.5 Å². The summed E-state index contributed by atoms with van der Waals surface area (Å²) in [6, 6.07) is 7.53. The van der Waals surface area contributed by atoms with E-state index in [0.717, 1.165) is 5.71 Å². The number of hydrogen-bond acceptors (Lipinski definition) is 11. The van der Waals surface area contributed by atoms with Crippen LogP contribution in [0.2, 0.25) is 0 Å². The van der Waals surface area contributed by atoms with Crippen molar-refractivity contribution in [2.24, 2.45) is 0 Å². The van der Waals surface area contributed by atoms with E-state index in [0.29, 0.717) is 99.0 Å². The summed E-state index contributed by atoms with van der Waals surface area (Å²) in [5.74, 6) is -2.68. The summed E-state index contributed by atoms with van der Waals surface area (Å²) in [7, 11) is -13.5. The molecule has 2 unspecified atom stereocenters. The van der Waals surface area contributed by atoms with E-state index in [9.17, 15) is 58.1 Å². The molecule has 2 aromatic carbocycles. The fourth-order valence-electron chi connectivity index (χ4n) is 9.25. The van der Waals surface area contributed by atoms with Crippen molar-refractivity contribution < 1.29 is 67.8 Å². The van der Waals surface area contributed by atoms with Crippen molar-refractivity contribution in [1.82, 2.24) is 16.0 Å². The molecule has 374 valence electrons. The fraction of sp³-hybridized carbons (Fsp3) is 0.543. The van der Waals surface area contributed by atoms with Gasteiger partial charge in [-0.15, -0.1) is 0 Å². The number of fused-ring (bicyclic) bond motifs is 5. The SMILES string of the molecule is CC1(C)C2=[N+](CCCCCC(=O)NCC(C(=O)NCCCCCC(=O)O)NC(=O)CCCCCC3(C)/C(=C/C=C2)N(CCCS(=O)(=O)O)c2ccc(S(=O)(=O)O)cc23)c2ccc(S(=O)(=O)O)cc21. The number of anilines is 1. The van der Waals surface area contributed by atoms with Crippen LogP contribution in [0.4, 0.5) is 11.4 Å². The number of aliphatic carboxylic acids is 1. The van der Waals surface area contributed by atoms with Crippen molar-refractivity contribution >= 4 is 71.1 Å². The quantitative estimate of drug-likeness (QED) is 0.0795. The van der Waals surface area contributed by atoms with E-state index in [1.807, 2.05) is 43.9 Å². The third kappa shape index (κ3) is 14.1. The Labute approximate surface area is 398 Å². The third-order valence-corrected chi connectivity index (χ3v) is 15.4. The molecule has 3 amide bonds. The minimum Gasteiger partial charge on any atom is -0.481 e. The van der Waals surface area contributed by atoms with Gasteiger partial charge in [0.1, 0.15) is 12.6 Å². The number of amides is 3. The molecule has 2 aromatic rings. The molecule has 0 saturated carbocycles. The van der Waals surface area contributed by atoms with E-state index in [4.69, 9.17) is 5.11 Å². The average Bonchev–Trinajstić information content (AvgIpc) is 3.60. The van der Waals surface area contributed by atoms with Crippen molar-refractivity contribution in [1.29, 1.82) is 0 Å². The summed E-state index contributed by atoms with van der Waals surface area (Å²) < 4.78 is 105. The molecule has 19 nitrogen and oxygen atoms in total. The first-order chi connectivity index (χ1) is 31.8. The largest absolute Gasteiger partial charge is 0.481 e. The predicted molar refractivity (Wildman–Crippen MR) is 254 cm³/mol. The van der Waals surface area contributed by atoms with Gasteiger partial charge >= 0.3 is 5.97 Å². The van der Waals surface area contributed by atoms with E-state index in [-0.39, 0.29) is 61.0 Å². The van der Waals surface area contributed by atoms with Crippen LogP contribution in [0.15, 0.2) is 70.1 Å². The molecular formula is C46H64N5O14S3+. The van der Waals surface area contributed by atoms with Gasteiger partial charge in [-0.3, -0.25) is 32.8 Å². The number of carboxylic acid groups (broad SMARTS) is 1. The molecule has 0 fully saturated rings. The molecular weight excluding hydrogens is 943 g/mol. The second-order valence-electron chi connectivity index (χ2n) is 18.3. The van der Waals surface area contributed by atoms with E-state index >= 15 is 0 Å². The maximum absolute atomic E-state index is 13.3. The van der Waals surface area contributed by atoms with Crippen LogP contribution in [-0.2, 0) is 60.4 Å². The lowest BCUT2D eigenvalue weighted by atomic mass is 9.77. The van der Waals surface area contributed by atoms with Gasteiger partial charge in [-0.05, 0) is 108 Å². The number of benzene rings is 2. The van der Waals surface area contributed by atoms with Crippen LogP contribution in [0.1, 0.15) is 122 Å². The van der Waals surface area contributed by atoms with E-state index in [1.54, 1.807) is 12.1 Å². The molecule has 5 rings (SSSR count). The molecule has 0 aliphatic carbocycles. The standard InChI is InChI=1S/C46H63N5O14S3/c1-45(2)34-29-32(67(60,61)62)20-22-37(34)50-26-12-6-8-17-41(52)48-31-36(44(56)47-25-11-5-9-19-43(54)55)49-42(53)18-7-4-10-24-46(3)35-30-33(68(63,64)65)21-23-38(35)51(27-14-28-66(57,58)59)40(46)16-13-15-39(45)50/h13,15-16,20-23,29-30,36H,4-12,14,17-19,24-28,31H2,1-3H3,(H6-,47,48,49,52,53,54,55,56,57,58,59,60,61,62,63,64,65)/p+1. The Morgan fingerprint density at radius 1 is 0.809 bits per heavy atom. The Kier molecular flexibility index (Phi) is 17.9. The number of carbonyl (C=O) groups excluding carboxylic acids is 3. The Morgan fingerprint density at radius 2 is 1.46 bits per heavy atom. The number of allylic oxidation sites excluding steroid dienone is 4. The molecule has 0 spiro atoms. The van der Waals surface area contributed by atoms with E-state index in [2.05, 4.69) is 20.5 Å². The van der Waals surface area contributed by atoms with Crippen LogP contribution in [0.3, 0.4) is 0 Å². The first-order valence-electron chi connectivity index (χ1n) is 22.9. The number of carbonyl (C=O) groups is 4. The molecule has 0 aromatic heterocycles. The van der Waals surface area contributed by atoms with Crippen LogP contribution in [-0.4, -0.2) is 116 Å². The lowest BCUT2D eigenvalue weighted by Crippen LogP contribution is -2.52. The number of unbranched alkanes of at least 4 members (excludes halogenated alkanes) is 2. The average molecular weight is 1010 g/mol. The lowest BCUT2D eigenvalue weighted by Gasteiger charge is -2.30. The zero-order chi connectivity index (χ0) is 50.1. The van der Waals surface area contributed by atoms with Gasteiger partial charge in [-0.1, -0.05) is 25.3 Å². The summed E-state index contributed by atoms with van der Waals surface area (Å²) in [4.78, 5) is 51.8. The van der Waals surface area contributed by atoms with Crippen LogP contribution < -0.4 is 20.9 Å². The minimum atomic E-state index is -4.65. The smallest absolute Gasteiger partial charge is 0.303 e. The number of carboxylic acids is 1. The first-order valence-corrected chi connectivity index (χ1v) is 27.4. The summed E-state index contributed by atoms with van der Waals surface area (Å²) in [6.45, 7) is 6.39. The maximum Gasteiger partial charge on any atom is 0.303 e. The van der Waals surface area contributed by atoms with Crippen LogP contribution >= 0.6 is 0 Å². The number of rotatable bonds is 13. The summed E-state index contributed by atoms with van der Waals surface area (Å²) in [5.41, 5.74) is 2.15. The van der Waals surface area contributed by atoms with Gasteiger partial charge < -0.3 is 26.0 Å². The fourth-order valence-corrected chi connectivity index (χ4v) is 10.8. The first kappa shape index (κ1) is 53.9. The van der Waals surface area contributed by atoms with Gasteiger partial charge in [0, 0.05) is 79.8 Å². The van der Waals surface area contributed by atoms with Gasteiger partial charge in [0.2, 0.25) is 23.4 Å². The van der Waals surface area contributed by atoms with Gasteiger partial charge in [-0.2, -0.15) is 29.8 Å². The number of nitrogens with one attached hydrogen (secondary N) is 3. The summed E-state index contributed by atoms with van der Waals surface area (Å²) in [5, 5.41) is 17.2. The Bertz CT molecular complexity index is 2680. The topological polar surface area (TPSA) is 294 Å². The van der Waals surface area contributed by atoms with Crippen LogP contribution in [0, 0.1) is 0 Å². The Morgan fingerprint density at radius 3 is 2.12 bits per heavy atom. The Hall–Kier alpha value is -5.00. The highest BCUT2D eigenvalue weighted by Crippen LogP contribution is 2.51. The molecule has 3 aliphatic rings. The molecule has 3 heterocycles. The highest BCUT2D eigenvalue weighted by Gasteiger charge is 2.46. The van der Waals surface area contributed by atoms with Gasteiger partial charge in [-0.25, -0.2) is 0 Å². The van der Waals surface area contributed by atoms with Crippen LogP contribution in [0.25, 0.3) is 0 Å². The monoisotopic (exact) mass is 1010 g/mol. The van der Waals surface area contributed by atoms with E-state index < -0.39 is 70.8 Å². The molecule has 0 bridgehead atoms. The van der Waals surface area contributed by atoms with Crippen molar-refractivity contribution in [2.45, 2.75) is 137 Å². The molecule has 22 heteroatoms. The van der Waals surface area contributed by atoms with E-state index in [1.165, 1.54) is 24.3 Å². The second-order valence-corrected chi connectivity index (χ2v) is 22.7. The number of hydrogen-bond donors (Lipinski definition) is 7. The zero-order valence-corrected chi connectivity index (χ0v) is 41.1. The third-order valence-electron chi connectivity index (χ3n) is 12.8. The highest BCUT2D eigenvalue weighted by molar-refractivity contribution is 7.86. The van der Waals surface area contributed by atoms with Crippen molar-refractivity contribution in [2.75, 3.05) is 36.8 Å². The normalized spacial score (nSPS) is 21.9. The lowest BCUT2D eigenvalue weighted by molar-refractivity contribution is -0.438. The van der Waals surface area contributed by atoms with Gasteiger partial charge in [0.15, 0.2) is 5.71 Å². The van der Waals surface area contributed by atoms with Gasteiger partial charge in [0.25, 0.3) is 30.4 Å². The summed E-state index contributed by atoms with van der Waals surface area (Å²) in [6.07, 6.45) is 10.8. The molecule has 68 heavy (non-hydrogen) atoms. The molecule has 7 N–H and O–H groups in total. The maximum atomic E-state index is 13.3. The zero-order valence-electron chi connectivity index (χ0n) is 38.7. The highest BCUT2D eigenvalue weighted by atomic mass is 32.2. The minimum absolute atomic E-state index is 0.00108. The van der Waals surface area contributed by atoms with Crippen molar-refractivity contribution in [3.63, 3.8) is 0 Å². The van der Waals surface area contributed by atoms with Gasteiger partial charge in [0.05, 0.1) is 21.0 Å².